The number of nitrogens with zero attached hydrogens (tertiary/aromatic N) is 2. The summed E-state index contributed by atoms with van der Waals surface area (Å²) >= 11 is 6.01. The van der Waals surface area contributed by atoms with Crippen molar-refractivity contribution < 1.29 is 9.72 Å². The number of piperidine rings is 1. The van der Waals surface area contributed by atoms with Crippen LogP contribution in [-0.2, 0) is 0 Å². The number of hydrogen-bond donors (Lipinski definition) is 0. The number of likely N-dealkylation sites (tertiary alicyclic amines) is 1. The highest BCUT2D eigenvalue weighted by Gasteiger charge is 2.30. The fourth-order valence-electron chi connectivity index (χ4n) is 2.56. The first-order valence-corrected chi connectivity index (χ1v) is 6.91. The molecular weight excluding hydrogens is 280 g/mol. The van der Waals surface area contributed by atoms with Gasteiger partial charge >= 0.3 is 0 Å². The van der Waals surface area contributed by atoms with Crippen LogP contribution in [0.3, 0.4) is 0 Å². The summed E-state index contributed by atoms with van der Waals surface area (Å²) < 4.78 is 0. The molecule has 0 N–H and O–H groups in total. The summed E-state index contributed by atoms with van der Waals surface area (Å²) in [4.78, 5) is 24.4. The van der Waals surface area contributed by atoms with Crippen molar-refractivity contribution in [3.8, 4) is 0 Å². The van der Waals surface area contributed by atoms with Crippen molar-refractivity contribution in [3.05, 3.63) is 38.9 Å². The maximum absolute atomic E-state index is 12.5. The summed E-state index contributed by atoms with van der Waals surface area (Å²) in [5.74, 6) is -0.155. The molecule has 1 amide bonds. The summed E-state index contributed by atoms with van der Waals surface area (Å²) in [6, 6.07) is 3.97. The number of hydrogen-bond acceptors (Lipinski definition) is 3. The number of benzene rings is 1. The molecule has 0 aliphatic carbocycles. The van der Waals surface area contributed by atoms with E-state index in [0.717, 1.165) is 12.8 Å². The largest absolute Gasteiger partial charge is 0.338 e. The fourth-order valence-corrected chi connectivity index (χ4v) is 2.81. The number of non-ortho nitro benzene ring substituents is 1. The van der Waals surface area contributed by atoms with Gasteiger partial charge in [0.1, 0.15) is 0 Å². The third-order valence-electron chi connectivity index (χ3n) is 3.58. The van der Waals surface area contributed by atoms with Gasteiger partial charge in [0.15, 0.2) is 0 Å². The van der Waals surface area contributed by atoms with Gasteiger partial charge in [0.25, 0.3) is 11.6 Å². The molecule has 5 nitrogen and oxygen atoms in total. The van der Waals surface area contributed by atoms with Crippen LogP contribution >= 0.6 is 11.6 Å². The SMILES string of the molecule is CC1(C)CCCN(C(=O)c2ccc([N+](=O)[O-])cc2Cl)C1. The molecule has 1 fully saturated rings. The van der Waals surface area contributed by atoms with Gasteiger partial charge in [0.05, 0.1) is 15.5 Å². The molecule has 1 heterocycles. The molecule has 1 aliphatic heterocycles. The summed E-state index contributed by atoms with van der Waals surface area (Å²) in [7, 11) is 0. The minimum Gasteiger partial charge on any atom is -0.338 e. The van der Waals surface area contributed by atoms with E-state index in [0.29, 0.717) is 18.7 Å². The number of amides is 1. The third-order valence-corrected chi connectivity index (χ3v) is 3.89. The quantitative estimate of drug-likeness (QED) is 0.619. The second-order valence-corrected chi connectivity index (χ2v) is 6.32. The van der Waals surface area contributed by atoms with E-state index < -0.39 is 4.92 Å². The van der Waals surface area contributed by atoms with E-state index in [1.54, 1.807) is 4.90 Å². The van der Waals surface area contributed by atoms with Gasteiger partial charge < -0.3 is 4.90 Å². The topological polar surface area (TPSA) is 63.5 Å². The van der Waals surface area contributed by atoms with Crippen LogP contribution in [0.15, 0.2) is 18.2 Å². The van der Waals surface area contributed by atoms with Crippen LogP contribution in [0, 0.1) is 15.5 Å². The Morgan fingerprint density at radius 3 is 2.70 bits per heavy atom. The fraction of sp³-hybridized carbons (Fsp3) is 0.500. The van der Waals surface area contributed by atoms with Crippen molar-refractivity contribution in [2.24, 2.45) is 5.41 Å². The minimum absolute atomic E-state index is 0.0984. The first-order valence-electron chi connectivity index (χ1n) is 6.53. The first kappa shape index (κ1) is 14.8. The van der Waals surface area contributed by atoms with E-state index in [9.17, 15) is 14.9 Å². The molecule has 2 rings (SSSR count). The summed E-state index contributed by atoms with van der Waals surface area (Å²) in [5, 5.41) is 10.8. The number of rotatable bonds is 2. The van der Waals surface area contributed by atoms with E-state index in [1.807, 2.05) is 0 Å². The van der Waals surface area contributed by atoms with E-state index in [1.165, 1.54) is 18.2 Å². The molecule has 0 radical (unpaired) electrons. The molecule has 0 spiro atoms. The lowest BCUT2D eigenvalue weighted by Crippen LogP contribution is -2.43. The van der Waals surface area contributed by atoms with E-state index in [-0.39, 0.29) is 22.0 Å². The maximum atomic E-state index is 12.5. The number of carbonyl (C=O) groups excluding carboxylic acids is 1. The lowest BCUT2D eigenvalue weighted by Gasteiger charge is -2.38. The van der Waals surface area contributed by atoms with Crippen molar-refractivity contribution in [1.82, 2.24) is 4.90 Å². The van der Waals surface area contributed by atoms with Crippen LogP contribution in [0.2, 0.25) is 5.02 Å². The first-order chi connectivity index (χ1) is 9.30. The van der Waals surface area contributed by atoms with Gasteiger partial charge in [-0.2, -0.15) is 0 Å². The Morgan fingerprint density at radius 1 is 1.45 bits per heavy atom. The Hall–Kier alpha value is -1.62. The van der Waals surface area contributed by atoms with Crippen molar-refractivity contribution in [1.29, 1.82) is 0 Å². The molecule has 1 aromatic carbocycles. The molecule has 0 unspecified atom stereocenters. The van der Waals surface area contributed by atoms with Crippen molar-refractivity contribution in [2.45, 2.75) is 26.7 Å². The monoisotopic (exact) mass is 296 g/mol. The highest BCUT2D eigenvalue weighted by molar-refractivity contribution is 6.34. The van der Waals surface area contributed by atoms with Crippen LogP contribution in [0.5, 0.6) is 0 Å². The van der Waals surface area contributed by atoms with Crippen molar-refractivity contribution in [2.75, 3.05) is 13.1 Å². The smallest absolute Gasteiger partial charge is 0.270 e. The second kappa shape index (κ2) is 5.40. The third kappa shape index (κ3) is 3.10. The van der Waals surface area contributed by atoms with Gasteiger partial charge in [0.2, 0.25) is 0 Å². The minimum atomic E-state index is -0.524. The van der Waals surface area contributed by atoms with Gasteiger partial charge in [-0.05, 0) is 24.3 Å². The van der Waals surface area contributed by atoms with Gasteiger partial charge in [-0.25, -0.2) is 0 Å². The zero-order valence-corrected chi connectivity index (χ0v) is 12.3. The van der Waals surface area contributed by atoms with Crippen LogP contribution in [0.4, 0.5) is 5.69 Å². The van der Waals surface area contributed by atoms with Crippen LogP contribution < -0.4 is 0 Å². The second-order valence-electron chi connectivity index (χ2n) is 5.92. The Balaban J connectivity index is 2.23. The van der Waals surface area contributed by atoms with Gasteiger partial charge in [0, 0.05) is 25.2 Å². The standard InChI is InChI=1S/C14H17ClN2O3/c1-14(2)6-3-7-16(9-14)13(18)11-5-4-10(17(19)20)8-12(11)15/h4-5,8H,3,6-7,9H2,1-2H3. The molecule has 0 bridgehead atoms. The highest BCUT2D eigenvalue weighted by Crippen LogP contribution is 2.31. The lowest BCUT2D eigenvalue weighted by molar-refractivity contribution is -0.384. The average molecular weight is 297 g/mol. The van der Waals surface area contributed by atoms with E-state index >= 15 is 0 Å². The van der Waals surface area contributed by atoms with E-state index in [4.69, 9.17) is 11.6 Å². The lowest BCUT2D eigenvalue weighted by atomic mass is 9.84. The summed E-state index contributed by atoms with van der Waals surface area (Å²) in [6.45, 7) is 5.64. The predicted molar refractivity (Wildman–Crippen MR) is 77.0 cm³/mol. The molecule has 20 heavy (non-hydrogen) atoms. The Kier molecular flexibility index (Phi) is 3.99. The molecule has 108 valence electrons. The number of nitro benzene ring substituents is 1. The van der Waals surface area contributed by atoms with Crippen LogP contribution in [-0.4, -0.2) is 28.8 Å². The zero-order chi connectivity index (χ0) is 14.9. The normalized spacial score (nSPS) is 17.9. The van der Waals surface area contributed by atoms with Crippen molar-refractivity contribution >= 4 is 23.2 Å². The van der Waals surface area contributed by atoms with Gasteiger partial charge in [-0.3, -0.25) is 14.9 Å². The molecule has 0 atom stereocenters. The molecule has 1 aromatic rings. The zero-order valence-electron chi connectivity index (χ0n) is 11.6. The Labute approximate surface area is 122 Å². The Morgan fingerprint density at radius 2 is 2.15 bits per heavy atom. The van der Waals surface area contributed by atoms with E-state index in [2.05, 4.69) is 13.8 Å². The van der Waals surface area contributed by atoms with Gasteiger partial charge in [-0.15, -0.1) is 0 Å². The number of carbonyl (C=O) groups is 1. The Bertz CT molecular complexity index is 557. The number of halogens is 1. The maximum Gasteiger partial charge on any atom is 0.270 e. The average Bonchev–Trinajstić information content (AvgIpc) is 2.36. The highest BCUT2D eigenvalue weighted by atomic mass is 35.5. The predicted octanol–water partition coefficient (Wildman–Crippen LogP) is 3.51. The molecular formula is C14H17ClN2O3. The summed E-state index contributed by atoms with van der Waals surface area (Å²) in [6.07, 6.45) is 2.05. The molecule has 0 aromatic heterocycles. The van der Waals surface area contributed by atoms with Crippen molar-refractivity contribution in [3.63, 3.8) is 0 Å². The van der Waals surface area contributed by atoms with Gasteiger partial charge in [-0.1, -0.05) is 25.4 Å². The number of nitro groups is 1. The molecule has 1 aliphatic rings. The molecule has 6 heteroatoms. The van der Waals surface area contributed by atoms with Crippen LogP contribution in [0.1, 0.15) is 37.0 Å². The summed E-state index contributed by atoms with van der Waals surface area (Å²) in [5.41, 5.74) is 0.321. The van der Waals surface area contributed by atoms with Crippen LogP contribution in [0.25, 0.3) is 0 Å². The molecule has 0 saturated carbocycles. The molecule has 1 saturated heterocycles.